The summed E-state index contributed by atoms with van der Waals surface area (Å²) in [4.78, 5) is 13.8. The van der Waals surface area contributed by atoms with Crippen molar-refractivity contribution in [3.8, 4) is 6.07 Å². The van der Waals surface area contributed by atoms with E-state index >= 15 is 0 Å². The fourth-order valence-electron chi connectivity index (χ4n) is 3.45. The van der Waals surface area contributed by atoms with Crippen molar-refractivity contribution in [3.63, 3.8) is 0 Å². The number of nitriles is 1. The Morgan fingerprint density at radius 1 is 1.11 bits per heavy atom. The Bertz CT molecular complexity index is 1020. The van der Waals surface area contributed by atoms with Crippen LogP contribution in [0.1, 0.15) is 11.1 Å². The highest BCUT2D eigenvalue weighted by Gasteiger charge is 2.64. The van der Waals surface area contributed by atoms with Crippen LogP contribution >= 0.6 is 0 Å². The summed E-state index contributed by atoms with van der Waals surface area (Å²) in [5.41, 5.74) is -2.18. The van der Waals surface area contributed by atoms with E-state index in [1.807, 2.05) is 0 Å². The van der Waals surface area contributed by atoms with Gasteiger partial charge in [-0.1, -0.05) is 42.0 Å². The van der Waals surface area contributed by atoms with Crippen LogP contribution in [0.5, 0.6) is 0 Å². The van der Waals surface area contributed by atoms with Gasteiger partial charge in [0.05, 0.1) is 11.4 Å². The van der Waals surface area contributed by atoms with Gasteiger partial charge in [-0.2, -0.15) is 18.4 Å². The quantitative estimate of drug-likeness (QED) is 0.793. The molecule has 2 N–H and O–H groups in total. The number of urea groups is 1. The van der Waals surface area contributed by atoms with Crippen LogP contribution < -0.4 is 15.5 Å². The number of hydrogen-bond acceptors (Lipinski definition) is 3. The Morgan fingerprint density at radius 2 is 1.78 bits per heavy atom. The van der Waals surface area contributed by atoms with Crippen LogP contribution in [0.2, 0.25) is 0 Å². The summed E-state index contributed by atoms with van der Waals surface area (Å²) in [5.74, 6) is -0.180. The third kappa shape index (κ3) is 2.21. The fourth-order valence-corrected chi connectivity index (χ4v) is 3.45. The molecule has 0 aliphatic carbocycles. The van der Waals surface area contributed by atoms with Crippen LogP contribution in [0.3, 0.4) is 0 Å². The summed E-state index contributed by atoms with van der Waals surface area (Å²) in [6, 6.07) is 12.9. The lowest BCUT2D eigenvalue weighted by atomic mass is 9.80. The van der Waals surface area contributed by atoms with Gasteiger partial charge < -0.3 is 10.6 Å². The molecule has 0 unspecified atom stereocenters. The van der Waals surface area contributed by atoms with Crippen molar-refractivity contribution in [2.75, 3.05) is 10.2 Å². The van der Waals surface area contributed by atoms with Crippen molar-refractivity contribution < 1.29 is 18.0 Å². The minimum absolute atomic E-state index is 0.180. The molecule has 2 aliphatic heterocycles. The van der Waals surface area contributed by atoms with E-state index in [9.17, 15) is 23.2 Å². The van der Waals surface area contributed by atoms with Crippen molar-refractivity contribution in [2.24, 2.45) is 0 Å². The number of nitrogens with zero attached hydrogens (tertiary/aromatic N) is 2. The summed E-state index contributed by atoms with van der Waals surface area (Å²) in [6.45, 7) is 1.74. The molecule has 27 heavy (non-hydrogen) atoms. The highest BCUT2D eigenvalue weighted by atomic mass is 19.4. The molecule has 2 aliphatic rings. The Labute approximate surface area is 152 Å². The lowest BCUT2D eigenvalue weighted by Crippen LogP contribution is -2.63. The van der Waals surface area contributed by atoms with Gasteiger partial charge in [-0.3, -0.25) is 0 Å². The Hall–Kier alpha value is -3.47. The molecule has 0 saturated carbocycles. The smallest absolute Gasteiger partial charge is 0.339 e. The van der Waals surface area contributed by atoms with Crippen LogP contribution in [-0.4, -0.2) is 12.2 Å². The van der Waals surface area contributed by atoms with Gasteiger partial charge >= 0.3 is 12.2 Å². The average molecular weight is 370 g/mol. The van der Waals surface area contributed by atoms with Crippen molar-refractivity contribution >= 4 is 17.4 Å². The zero-order chi connectivity index (χ0) is 19.4. The highest BCUT2D eigenvalue weighted by molar-refractivity contribution is 6.05. The zero-order valence-electron chi connectivity index (χ0n) is 14.1. The second kappa shape index (κ2) is 5.51. The van der Waals surface area contributed by atoms with E-state index in [1.54, 1.807) is 37.3 Å². The second-order valence-electron chi connectivity index (χ2n) is 6.36. The molecule has 0 aromatic heterocycles. The number of anilines is 2. The zero-order valence-corrected chi connectivity index (χ0v) is 14.1. The summed E-state index contributed by atoms with van der Waals surface area (Å²) in [7, 11) is 0. The van der Waals surface area contributed by atoms with E-state index < -0.39 is 23.3 Å². The van der Waals surface area contributed by atoms with Gasteiger partial charge in [0.2, 0.25) is 5.54 Å². The number of para-hydroxylation sites is 2. The molecule has 0 saturated heterocycles. The minimum Gasteiger partial charge on any atom is -0.339 e. The fraction of sp³-hybridized carbons (Fsp3) is 0.158. The van der Waals surface area contributed by atoms with Crippen LogP contribution in [0.25, 0.3) is 0 Å². The SMILES string of the molecule is Cc1ccc([C@]2(C(F)(F)F)NC(=O)N3C(=C2C#N)Nc2ccccc23)cc1. The van der Waals surface area contributed by atoms with Crippen molar-refractivity contribution in [1.29, 1.82) is 5.26 Å². The maximum atomic E-state index is 14.3. The number of benzene rings is 2. The number of nitrogens with one attached hydrogen (secondary N) is 2. The van der Waals surface area contributed by atoms with Gasteiger partial charge in [-0.25, -0.2) is 9.69 Å². The van der Waals surface area contributed by atoms with Gasteiger partial charge in [0.1, 0.15) is 17.5 Å². The number of carbonyl (C=O) groups is 1. The van der Waals surface area contributed by atoms with Crippen molar-refractivity contribution in [2.45, 2.75) is 18.6 Å². The summed E-state index contributed by atoms with van der Waals surface area (Å²) < 4.78 is 43.0. The van der Waals surface area contributed by atoms with Gasteiger partial charge in [0, 0.05) is 0 Å². The first kappa shape index (κ1) is 17.0. The number of alkyl halides is 3. The van der Waals surface area contributed by atoms with Crippen molar-refractivity contribution in [1.82, 2.24) is 5.32 Å². The molecule has 0 fully saturated rings. The Kier molecular flexibility index (Phi) is 3.46. The van der Waals surface area contributed by atoms with Gasteiger partial charge in [-0.05, 0) is 24.6 Å². The molecule has 8 heteroatoms. The molecule has 1 atom stereocenters. The molecule has 2 amide bonds. The number of amides is 2. The van der Waals surface area contributed by atoms with Crippen molar-refractivity contribution in [3.05, 3.63) is 71.1 Å². The molecule has 2 heterocycles. The van der Waals surface area contributed by atoms with Gasteiger partial charge in [0.25, 0.3) is 0 Å². The summed E-state index contributed by atoms with van der Waals surface area (Å²) in [6.07, 6.45) is -4.93. The lowest BCUT2D eigenvalue weighted by Gasteiger charge is -2.42. The van der Waals surface area contributed by atoms with Gasteiger partial charge in [0.15, 0.2) is 0 Å². The topological polar surface area (TPSA) is 68.2 Å². The third-order valence-electron chi connectivity index (χ3n) is 4.75. The standard InChI is InChI=1S/C19H13F3N4O/c1-11-6-8-12(9-7-11)18(19(20,21)22)13(10-23)16-24-14-4-2-3-5-15(14)26(16)17(27)25-18/h2-9,24H,1H3,(H,25,27)/t18-/m0/s1. The number of fused-ring (bicyclic) bond motifs is 3. The number of carbonyl (C=O) groups excluding carboxylic acids is 1. The van der Waals surface area contributed by atoms with Crippen LogP contribution in [0.4, 0.5) is 29.3 Å². The predicted octanol–water partition coefficient (Wildman–Crippen LogP) is 4.14. The van der Waals surface area contributed by atoms with E-state index in [0.717, 1.165) is 10.5 Å². The van der Waals surface area contributed by atoms with E-state index in [2.05, 4.69) is 10.6 Å². The largest absolute Gasteiger partial charge is 0.421 e. The Balaban J connectivity index is 2.03. The molecule has 0 spiro atoms. The van der Waals surface area contributed by atoms with E-state index in [4.69, 9.17) is 0 Å². The lowest BCUT2D eigenvalue weighted by molar-refractivity contribution is -0.184. The first-order valence-corrected chi connectivity index (χ1v) is 8.06. The molecular weight excluding hydrogens is 357 g/mol. The molecular formula is C19H13F3N4O. The average Bonchev–Trinajstić information content (AvgIpc) is 3.01. The van der Waals surface area contributed by atoms with E-state index in [1.165, 1.54) is 24.3 Å². The molecule has 0 bridgehead atoms. The predicted molar refractivity (Wildman–Crippen MR) is 92.6 cm³/mol. The molecule has 0 radical (unpaired) electrons. The number of rotatable bonds is 1. The molecule has 5 nitrogen and oxygen atoms in total. The van der Waals surface area contributed by atoms with Gasteiger partial charge in [-0.15, -0.1) is 0 Å². The second-order valence-corrected chi connectivity index (χ2v) is 6.36. The highest BCUT2D eigenvalue weighted by Crippen LogP contribution is 2.50. The molecule has 2 aromatic rings. The number of hydrogen-bond donors (Lipinski definition) is 2. The molecule has 2 aromatic carbocycles. The number of aryl methyl sites for hydroxylation is 1. The first-order valence-electron chi connectivity index (χ1n) is 8.06. The third-order valence-corrected chi connectivity index (χ3v) is 4.75. The maximum absolute atomic E-state index is 14.3. The Morgan fingerprint density at radius 3 is 2.41 bits per heavy atom. The van der Waals surface area contributed by atoms with E-state index in [0.29, 0.717) is 11.4 Å². The van der Waals surface area contributed by atoms with Crippen LogP contribution in [0.15, 0.2) is 59.9 Å². The van der Waals surface area contributed by atoms with Crippen LogP contribution in [-0.2, 0) is 5.54 Å². The maximum Gasteiger partial charge on any atom is 0.421 e. The monoisotopic (exact) mass is 370 g/mol. The molecule has 136 valence electrons. The summed E-state index contributed by atoms with van der Waals surface area (Å²) in [5, 5.41) is 14.6. The van der Waals surface area contributed by atoms with Crippen LogP contribution in [0, 0.1) is 18.3 Å². The normalized spacial score (nSPS) is 21.1. The molecule has 4 rings (SSSR count). The first-order chi connectivity index (χ1) is 12.8. The number of halogens is 3. The van der Waals surface area contributed by atoms with E-state index in [-0.39, 0.29) is 11.4 Å². The minimum atomic E-state index is -4.93. The summed E-state index contributed by atoms with van der Waals surface area (Å²) >= 11 is 0.